The monoisotopic (exact) mass is 446 g/mol. The molecule has 8 heteroatoms. The predicted molar refractivity (Wildman–Crippen MR) is 119 cm³/mol. The molecular formula is C23H27ClN2O5. The third-order valence-corrected chi connectivity index (χ3v) is 5.60. The molecule has 0 saturated carbocycles. The minimum absolute atomic E-state index is 0.242. The van der Waals surface area contributed by atoms with Crippen LogP contribution in [0.25, 0.3) is 0 Å². The highest BCUT2D eigenvalue weighted by Crippen LogP contribution is 2.46. The summed E-state index contributed by atoms with van der Waals surface area (Å²) >= 11 is 5.93. The lowest BCUT2D eigenvalue weighted by Crippen LogP contribution is -2.46. The van der Waals surface area contributed by atoms with Crippen LogP contribution in [0, 0.1) is 0 Å². The standard InChI is InChI=1S/C23H27ClN2O5/c1-5-31-23(28)25(14-16-9-7-6-8-10-16)18-11-15(2)26(22(24)27)19-13-21(30-4)20(29-3)12-17(18)19/h6-10,12-13,15,18H,5,11,14H2,1-4H3/t15-,18+/m1/s1. The van der Waals surface area contributed by atoms with Crippen LogP contribution >= 0.6 is 11.6 Å². The number of carbonyl (C=O) groups is 2. The van der Waals surface area contributed by atoms with Crippen LogP contribution in [0.5, 0.6) is 11.5 Å². The van der Waals surface area contributed by atoms with E-state index in [1.165, 1.54) is 12.0 Å². The van der Waals surface area contributed by atoms with Crippen molar-refractivity contribution in [2.45, 2.75) is 38.9 Å². The first kappa shape index (κ1) is 22.7. The molecule has 2 amide bonds. The third kappa shape index (κ3) is 4.71. The maximum atomic E-state index is 13.0. The lowest BCUT2D eigenvalue weighted by atomic mass is 9.90. The number of halogens is 1. The summed E-state index contributed by atoms with van der Waals surface area (Å²) < 4.78 is 16.3. The van der Waals surface area contributed by atoms with Gasteiger partial charge in [0.2, 0.25) is 0 Å². The summed E-state index contributed by atoms with van der Waals surface area (Å²) in [5, 5.41) is -0.592. The van der Waals surface area contributed by atoms with Crippen molar-refractivity contribution in [3.63, 3.8) is 0 Å². The molecule has 0 bridgehead atoms. The summed E-state index contributed by atoms with van der Waals surface area (Å²) in [4.78, 5) is 28.4. The number of methoxy groups -OCH3 is 2. The van der Waals surface area contributed by atoms with Crippen LogP contribution in [-0.2, 0) is 11.3 Å². The fourth-order valence-electron chi connectivity index (χ4n) is 4.00. The van der Waals surface area contributed by atoms with Crippen LogP contribution in [0.4, 0.5) is 15.3 Å². The molecule has 1 heterocycles. The lowest BCUT2D eigenvalue weighted by Gasteiger charge is -2.42. The second-order valence-corrected chi connectivity index (χ2v) is 7.63. The normalized spacial score (nSPS) is 17.5. The zero-order chi connectivity index (χ0) is 22.5. The molecule has 7 nitrogen and oxygen atoms in total. The van der Waals surface area contributed by atoms with Gasteiger partial charge in [-0.3, -0.25) is 14.6 Å². The van der Waals surface area contributed by atoms with Gasteiger partial charge in [0.15, 0.2) is 11.5 Å². The van der Waals surface area contributed by atoms with Crippen molar-refractivity contribution in [1.82, 2.24) is 4.90 Å². The summed E-state index contributed by atoms with van der Waals surface area (Å²) in [6.45, 7) is 4.30. The molecule has 0 fully saturated rings. The van der Waals surface area contributed by atoms with E-state index in [0.717, 1.165) is 11.1 Å². The van der Waals surface area contributed by atoms with E-state index in [4.69, 9.17) is 25.8 Å². The molecule has 0 unspecified atom stereocenters. The fourth-order valence-corrected chi connectivity index (χ4v) is 4.26. The number of hydrogen-bond acceptors (Lipinski definition) is 5. The van der Waals surface area contributed by atoms with Crippen LogP contribution in [-0.4, -0.2) is 43.2 Å². The van der Waals surface area contributed by atoms with Gasteiger partial charge in [0.25, 0.3) is 0 Å². The van der Waals surface area contributed by atoms with Gasteiger partial charge < -0.3 is 14.2 Å². The Bertz CT molecular complexity index is 937. The number of amides is 2. The van der Waals surface area contributed by atoms with Crippen LogP contribution in [0.1, 0.15) is 37.4 Å². The number of ether oxygens (including phenoxy) is 3. The van der Waals surface area contributed by atoms with Crippen LogP contribution in [0.3, 0.4) is 0 Å². The summed E-state index contributed by atoms with van der Waals surface area (Å²) in [6, 6.07) is 12.6. The maximum absolute atomic E-state index is 13.0. The Kier molecular flexibility index (Phi) is 7.28. The van der Waals surface area contributed by atoms with Gasteiger partial charge in [-0.1, -0.05) is 30.3 Å². The summed E-state index contributed by atoms with van der Waals surface area (Å²) in [5.41, 5.74) is 2.30. The highest BCUT2D eigenvalue weighted by Gasteiger charge is 2.39. The highest BCUT2D eigenvalue weighted by molar-refractivity contribution is 6.66. The highest BCUT2D eigenvalue weighted by atomic mass is 35.5. The molecule has 2 aromatic carbocycles. The average Bonchev–Trinajstić information content (AvgIpc) is 2.76. The minimum Gasteiger partial charge on any atom is -0.493 e. The van der Waals surface area contributed by atoms with Gasteiger partial charge in [0.05, 0.1) is 32.6 Å². The zero-order valence-electron chi connectivity index (χ0n) is 18.1. The van der Waals surface area contributed by atoms with Crippen LogP contribution < -0.4 is 14.4 Å². The van der Waals surface area contributed by atoms with E-state index in [1.54, 1.807) is 31.1 Å². The van der Waals surface area contributed by atoms with Gasteiger partial charge in [0.1, 0.15) is 0 Å². The van der Waals surface area contributed by atoms with Crippen molar-refractivity contribution < 1.29 is 23.8 Å². The molecule has 2 aromatic rings. The average molecular weight is 447 g/mol. The second-order valence-electron chi connectivity index (χ2n) is 7.30. The van der Waals surface area contributed by atoms with E-state index < -0.39 is 11.5 Å². The molecular weight excluding hydrogens is 420 g/mol. The Labute approximate surface area is 187 Å². The number of nitrogens with zero attached hydrogens (tertiary/aromatic N) is 2. The number of anilines is 1. The first-order valence-corrected chi connectivity index (χ1v) is 10.5. The van der Waals surface area contributed by atoms with E-state index in [2.05, 4.69) is 0 Å². The topological polar surface area (TPSA) is 68.3 Å². The maximum Gasteiger partial charge on any atom is 0.410 e. The molecule has 0 aromatic heterocycles. The van der Waals surface area contributed by atoms with Crippen molar-refractivity contribution in [2.75, 3.05) is 25.7 Å². The SMILES string of the molecule is CCOC(=O)N(Cc1ccccc1)[C@H]1C[C@@H](C)N(C(=O)Cl)c2cc(OC)c(OC)cc21. The van der Waals surface area contributed by atoms with Gasteiger partial charge in [-0.2, -0.15) is 0 Å². The Morgan fingerprint density at radius 2 is 1.77 bits per heavy atom. The van der Waals surface area contributed by atoms with E-state index in [9.17, 15) is 9.59 Å². The fraction of sp³-hybridized carbons (Fsp3) is 0.391. The molecule has 166 valence electrons. The Morgan fingerprint density at radius 3 is 2.35 bits per heavy atom. The van der Waals surface area contributed by atoms with Crippen molar-refractivity contribution >= 4 is 28.7 Å². The van der Waals surface area contributed by atoms with Crippen LogP contribution in [0.15, 0.2) is 42.5 Å². The molecule has 1 aliphatic rings. The number of hydrogen-bond donors (Lipinski definition) is 0. The molecule has 0 saturated heterocycles. The number of rotatable bonds is 6. The van der Waals surface area contributed by atoms with Gasteiger partial charge in [-0.05, 0) is 43.5 Å². The summed E-state index contributed by atoms with van der Waals surface area (Å²) in [6.07, 6.45) is 0.0713. The quantitative estimate of drug-likeness (QED) is 0.441. The zero-order valence-corrected chi connectivity index (χ0v) is 18.9. The van der Waals surface area contributed by atoms with Gasteiger partial charge in [0, 0.05) is 24.2 Å². The number of benzene rings is 2. The van der Waals surface area contributed by atoms with E-state index in [0.29, 0.717) is 30.2 Å². The van der Waals surface area contributed by atoms with E-state index >= 15 is 0 Å². The first-order valence-electron chi connectivity index (χ1n) is 10.1. The predicted octanol–water partition coefficient (Wildman–Crippen LogP) is 5.36. The second kappa shape index (κ2) is 9.92. The largest absolute Gasteiger partial charge is 0.493 e. The van der Waals surface area contributed by atoms with Gasteiger partial charge >= 0.3 is 11.5 Å². The smallest absolute Gasteiger partial charge is 0.410 e. The lowest BCUT2D eigenvalue weighted by molar-refractivity contribution is 0.0817. The Hall–Kier alpha value is -2.93. The first-order chi connectivity index (χ1) is 14.9. The van der Waals surface area contributed by atoms with Crippen molar-refractivity contribution in [3.8, 4) is 11.5 Å². The Balaban J connectivity index is 2.14. The van der Waals surface area contributed by atoms with Gasteiger partial charge in [-0.25, -0.2) is 4.79 Å². The van der Waals surface area contributed by atoms with Gasteiger partial charge in [-0.15, -0.1) is 0 Å². The Morgan fingerprint density at radius 1 is 1.13 bits per heavy atom. The summed E-state index contributed by atoms with van der Waals surface area (Å²) in [5.74, 6) is 0.981. The molecule has 0 aliphatic carbocycles. The van der Waals surface area contributed by atoms with Crippen molar-refractivity contribution in [1.29, 1.82) is 0 Å². The molecule has 0 N–H and O–H groups in total. The molecule has 3 rings (SSSR count). The number of carbonyl (C=O) groups excluding carboxylic acids is 2. The van der Waals surface area contributed by atoms with Crippen molar-refractivity contribution in [3.05, 3.63) is 53.6 Å². The van der Waals surface area contributed by atoms with Crippen LogP contribution in [0.2, 0.25) is 0 Å². The minimum atomic E-state index is -0.592. The third-order valence-electron chi connectivity index (χ3n) is 5.42. The molecule has 0 radical (unpaired) electrons. The molecule has 31 heavy (non-hydrogen) atoms. The summed E-state index contributed by atoms with van der Waals surface area (Å²) in [7, 11) is 3.07. The molecule has 1 aliphatic heterocycles. The van der Waals surface area contributed by atoms with Crippen molar-refractivity contribution in [2.24, 2.45) is 0 Å². The number of fused-ring (bicyclic) bond motifs is 1. The molecule has 2 atom stereocenters. The van der Waals surface area contributed by atoms with E-state index in [-0.39, 0.29) is 18.7 Å². The van der Waals surface area contributed by atoms with E-state index in [1.807, 2.05) is 37.3 Å². The molecule has 0 spiro atoms.